The van der Waals surface area contributed by atoms with Gasteiger partial charge in [0.1, 0.15) is 0 Å². The summed E-state index contributed by atoms with van der Waals surface area (Å²) in [4.78, 5) is 11.0. The zero-order chi connectivity index (χ0) is 11.5. The maximum absolute atomic E-state index is 11.0. The van der Waals surface area contributed by atoms with Gasteiger partial charge in [-0.05, 0) is 25.2 Å². The number of allylic oxidation sites excluding steroid dienone is 2. The molecule has 0 amide bonds. The molecule has 0 N–H and O–H groups in total. The summed E-state index contributed by atoms with van der Waals surface area (Å²) in [5.74, 6) is 0.325. The van der Waals surface area contributed by atoms with Crippen molar-refractivity contribution in [1.29, 1.82) is 0 Å². The largest absolute Gasteiger partial charge is 0.469 e. The number of esters is 1. The second-order valence-electron chi connectivity index (χ2n) is 4.08. The lowest BCUT2D eigenvalue weighted by Crippen LogP contribution is -2.06. The van der Waals surface area contributed by atoms with Gasteiger partial charge in [0, 0.05) is 6.42 Å². The van der Waals surface area contributed by atoms with Crippen LogP contribution in [0.25, 0.3) is 0 Å². The lowest BCUT2D eigenvalue weighted by atomic mass is 10.0. The number of rotatable bonds is 8. The van der Waals surface area contributed by atoms with Crippen LogP contribution in [0.1, 0.15) is 52.4 Å². The summed E-state index contributed by atoms with van der Waals surface area (Å²) in [6, 6.07) is 0. The molecule has 0 fully saturated rings. The Balaban J connectivity index is 3.41. The normalized spacial score (nSPS) is 13.0. The molecule has 0 rings (SSSR count). The fourth-order valence-corrected chi connectivity index (χ4v) is 1.41. The van der Waals surface area contributed by atoms with E-state index in [4.69, 9.17) is 0 Å². The molecular formula is C13H24O2. The number of ether oxygens (including phenoxy) is 1. The van der Waals surface area contributed by atoms with Crippen LogP contribution in [0.3, 0.4) is 0 Å². The Bertz CT molecular complexity index is 185. The Morgan fingerprint density at radius 1 is 1.33 bits per heavy atom. The number of hydrogen-bond acceptors (Lipinski definition) is 2. The van der Waals surface area contributed by atoms with Crippen LogP contribution in [-0.4, -0.2) is 13.1 Å². The minimum Gasteiger partial charge on any atom is -0.469 e. The standard InChI is InChI=1S/C13H24O2/c1-4-5-6-7-8-9-10-12(2)11-13(14)15-3/h7-8,12H,4-6,9-11H2,1-3H3/b8-7-/t12-/m1/s1. The van der Waals surface area contributed by atoms with Gasteiger partial charge in [-0.15, -0.1) is 0 Å². The molecule has 0 aliphatic rings. The number of methoxy groups -OCH3 is 1. The quantitative estimate of drug-likeness (QED) is 0.348. The van der Waals surface area contributed by atoms with Crippen molar-refractivity contribution in [3.8, 4) is 0 Å². The molecule has 1 atom stereocenters. The highest BCUT2D eigenvalue weighted by Crippen LogP contribution is 2.11. The average molecular weight is 212 g/mol. The van der Waals surface area contributed by atoms with Crippen LogP contribution in [0.5, 0.6) is 0 Å². The van der Waals surface area contributed by atoms with Gasteiger partial charge in [-0.1, -0.05) is 38.8 Å². The predicted molar refractivity (Wildman–Crippen MR) is 63.7 cm³/mol. The molecular weight excluding hydrogens is 188 g/mol. The first-order chi connectivity index (χ1) is 7.20. The van der Waals surface area contributed by atoms with Crippen molar-refractivity contribution in [2.24, 2.45) is 5.92 Å². The van der Waals surface area contributed by atoms with E-state index >= 15 is 0 Å². The smallest absolute Gasteiger partial charge is 0.305 e. The van der Waals surface area contributed by atoms with Crippen molar-refractivity contribution in [2.75, 3.05) is 7.11 Å². The highest BCUT2D eigenvalue weighted by atomic mass is 16.5. The summed E-state index contributed by atoms with van der Waals surface area (Å²) in [5.41, 5.74) is 0. The number of hydrogen-bond donors (Lipinski definition) is 0. The van der Waals surface area contributed by atoms with Gasteiger partial charge in [0.15, 0.2) is 0 Å². The van der Waals surface area contributed by atoms with Gasteiger partial charge in [0.25, 0.3) is 0 Å². The molecule has 0 saturated heterocycles. The highest BCUT2D eigenvalue weighted by Gasteiger charge is 2.07. The number of carbonyl (C=O) groups excluding carboxylic acids is 1. The first-order valence-corrected chi connectivity index (χ1v) is 5.92. The monoisotopic (exact) mass is 212 g/mol. The van der Waals surface area contributed by atoms with Crippen molar-refractivity contribution in [3.63, 3.8) is 0 Å². The highest BCUT2D eigenvalue weighted by molar-refractivity contribution is 5.69. The number of carbonyl (C=O) groups is 1. The van der Waals surface area contributed by atoms with E-state index in [1.54, 1.807) is 0 Å². The Hall–Kier alpha value is -0.790. The SMILES string of the molecule is CCCC/C=C\CC[C@@H](C)CC(=O)OC. The Morgan fingerprint density at radius 3 is 2.60 bits per heavy atom. The summed E-state index contributed by atoms with van der Waals surface area (Å²) < 4.78 is 4.62. The molecule has 2 nitrogen and oxygen atoms in total. The molecule has 0 saturated carbocycles. The molecule has 0 unspecified atom stereocenters. The van der Waals surface area contributed by atoms with Gasteiger partial charge >= 0.3 is 5.97 Å². The zero-order valence-electron chi connectivity index (χ0n) is 10.3. The molecule has 0 bridgehead atoms. The van der Waals surface area contributed by atoms with Crippen molar-refractivity contribution >= 4 is 5.97 Å². The second kappa shape index (κ2) is 9.75. The van der Waals surface area contributed by atoms with Crippen LogP contribution in [-0.2, 0) is 9.53 Å². The average Bonchev–Trinajstić information content (AvgIpc) is 2.23. The summed E-state index contributed by atoms with van der Waals surface area (Å²) >= 11 is 0. The third kappa shape index (κ3) is 9.51. The third-order valence-electron chi connectivity index (χ3n) is 2.46. The minimum absolute atomic E-state index is 0.0996. The van der Waals surface area contributed by atoms with Crippen LogP contribution in [0.2, 0.25) is 0 Å². The molecule has 0 aromatic heterocycles. The van der Waals surface area contributed by atoms with Gasteiger partial charge in [-0.3, -0.25) is 4.79 Å². The first-order valence-electron chi connectivity index (χ1n) is 5.92. The van der Waals surface area contributed by atoms with E-state index in [-0.39, 0.29) is 5.97 Å². The third-order valence-corrected chi connectivity index (χ3v) is 2.46. The molecule has 0 aliphatic carbocycles. The lowest BCUT2D eigenvalue weighted by molar-refractivity contribution is -0.141. The van der Waals surface area contributed by atoms with Gasteiger partial charge in [-0.2, -0.15) is 0 Å². The van der Waals surface area contributed by atoms with E-state index in [0.29, 0.717) is 12.3 Å². The molecule has 0 spiro atoms. The topological polar surface area (TPSA) is 26.3 Å². The van der Waals surface area contributed by atoms with Gasteiger partial charge in [0.05, 0.1) is 7.11 Å². The van der Waals surface area contributed by atoms with E-state index in [2.05, 4.69) is 30.7 Å². The van der Waals surface area contributed by atoms with Crippen LogP contribution >= 0.6 is 0 Å². The first kappa shape index (κ1) is 14.2. The Labute approximate surface area is 93.7 Å². The molecule has 2 heteroatoms. The van der Waals surface area contributed by atoms with Gasteiger partial charge in [0.2, 0.25) is 0 Å². The van der Waals surface area contributed by atoms with E-state index in [9.17, 15) is 4.79 Å². The van der Waals surface area contributed by atoms with E-state index in [0.717, 1.165) is 12.8 Å². The van der Waals surface area contributed by atoms with E-state index < -0.39 is 0 Å². The molecule has 0 radical (unpaired) electrons. The van der Waals surface area contributed by atoms with Crippen molar-refractivity contribution < 1.29 is 9.53 Å². The summed E-state index contributed by atoms with van der Waals surface area (Å²) in [7, 11) is 1.44. The summed E-state index contributed by atoms with van der Waals surface area (Å²) in [6.07, 6.45) is 10.9. The molecule has 0 aromatic rings. The fourth-order valence-electron chi connectivity index (χ4n) is 1.41. The van der Waals surface area contributed by atoms with Crippen LogP contribution in [0.15, 0.2) is 12.2 Å². The fraction of sp³-hybridized carbons (Fsp3) is 0.769. The van der Waals surface area contributed by atoms with Crippen molar-refractivity contribution in [3.05, 3.63) is 12.2 Å². The predicted octanol–water partition coefficient (Wildman–Crippen LogP) is 3.71. The molecule has 0 aromatic carbocycles. The maximum atomic E-state index is 11.0. The van der Waals surface area contributed by atoms with Crippen LogP contribution in [0.4, 0.5) is 0 Å². The van der Waals surface area contributed by atoms with E-state index in [1.165, 1.54) is 26.4 Å². The molecule has 15 heavy (non-hydrogen) atoms. The van der Waals surface area contributed by atoms with Gasteiger partial charge in [-0.25, -0.2) is 0 Å². The molecule has 0 aliphatic heterocycles. The van der Waals surface area contributed by atoms with Crippen LogP contribution < -0.4 is 0 Å². The lowest BCUT2D eigenvalue weighted by Gasteiger charge is -2.07. The van der Waals surface area contributed by atoms with Crippen molar-refractivity contribution in [2.45, 2.75) is 52.4 Å². The van der Waals surface area contributed by atoms with Gasteiger partial charge < -0.3 is 4.74 Å². The van der Waals surface area contributed by atoms with E-state index in [1.807, 2.05) is 0 Å². The minimum atomic E-state index is -0.0996. The molecule has 88 valence electrons. The van der Waals surface area contributed by atoms with Crippen LogP contribution in [0, 0.1) is 5.92 Å². The Kier molecular flexibility index (Phi) is 9.24. The maximum Gasteiger partial charge on any atom is 0.305 e. The summed E-state index contributed by atoms with van der Waals surface area (Å²) in [5, 5.41) is 0. The Morgan fingerprint density at radius 2 is 2.00 bits per heavy atom. The molecule has 0 heterocycles. The number of unbranched alkanes of at least 4 members (excludes halogenated alkanes) is 2. The zero-order valence-corrected chi connectivity index (χ0v) is 10.3. The van der Waals surface area contributed by atoms with Crippen molar-refractivity contribution in [1.82, 2.24) is 0 Å². The summed E-state index contributed by atoms with van der Waals surface area (Å²) in [6.45, 7) is 4.29. The second-order valence-corrected chi connectivity index (χ2v) is 4.08.